The van der Waals surface area contributed by atoms with Gasteiger partial charge < -0.3 is 19.5 Å². The molecule has 0 radical (unpaired) electrons. The van der Waals surface area contributed by atoms with Crippen molar-refractivity contribution in [3.63, 3.8) is 0 Å². The Balaban J connectivity index is 1.73. The average Bonchev–Trinajstić information content (AvgIpc) is 3.03. The van der Waals surface area contributed by atoms with Crippen molar-refractivity contribution in [2.24, 2.45) is 11.8 Å². The van der Waals surface area contributed by atoms with Gasteiger partial charge in [0.2, 0.25) is 5.88 Å². The fourth-order valence-electron chi connectivity index (χ4n) is 3.44. The molecular weight excluding hydrogens is 294 g/mol. The number of aromatic nitrogens is 2. The first-order valence-corrected chi connectivity index (χ1v) is 8.62. The van der Waals surface area contributed by atoms with Gasteiger partial charge >= 0.3 is 0 Å². The van der Waals surface area contributed by atoms with Crippen molar-refractivity contribution in [2.45, 2.75) is 45.3 Å². The minimum atomic E-state index is -0.289. The lowest BCUT2D eigenvalue weighted by atomic mass is 9.89. The second-order valence-electron chi connectivity index (χ2n) is 6.92. The quantitative estimate of drug-likeness (QED) is 0.893. The summed E-state index contributed by atoms with van der Waals surface area (Å²) < 4.78 is 11.3. The van der Waals surface area contributed by atoms with Gasteiger partial charge in [-0.25, -0.2) is 0 Å². The summed E-state index contributed by atoms with van der Waals surface area (Å²) in [6.07, 6.45) is 6.05. The van der Waals surface area contributed by atoms with Gasteiger partial charge in [-0.1, -0.05) is 13.8 Å². The summed E-state index contributed by atoms with van der Waals surface area (Å²) in [7, 11) is 0. The maximum absolute atomic E-state index is 10.3. The van der Waals surface area contributed by atoms with Crippen LogP contribution in [0.3, 0.4) is 0 Å². The minimum absolute atomic E-state index is 0.147. The molecule has 6 nitrogen and oxygen atoms in total. The highest BCUT2D eigenvalue weighted by atomic mass is 16.5. The summed E-state index contributed by atoms with van der Waals surface area (Å²) in [5.41, 5.74) is 0. The lowest BCUT2D eigenvalue weighted by molar-refractivity contribution is -0.0438. The van der Waals surface area contributed by atoms with Gasteiger partial charge in [0.25, 0.3) is 0 Å². The number of rotatable bonds is 5. The Morgan fingerprint density at radius 3 is 3.04 bits per heavy atom. The fraction of sp³-hybridized carbons (Fsp3) is 0.765. The monoisotopic (exact) mass is 321 g/mol. The standard InChI is InChI=1S/C17H27N3O3/c1-12(2)10-23-17-9-18-8-16(19-17)20-6-3-4-14(20)13-11-22-7-5-15(13)21/h8-9,12-15,21H,3-7,10-11H2,1-2H3/t13-,14-,15+/m1/s1. The number of aliphatic hydroxyl groups excluding tert-OH is 1. The van der Waals surface area contributed by atoms with Gasteiger partial charge in [0.05, 0.1) is 31.7 Å². The van der Waals surface area contributed by atoms with Crippen molar-refractivity contribution in [2.75, 3.05) is 31.3 Å². The van der Waals surface area contributed by atoms with Gasteiger partial charge in [-0.2, -0.15) is 4.98 Å². The van der Waals surface area contributed by atoms with Crippen LogP contribution < -0.4 is 9.64 Å². The molecule has 1 aromatic heterocycles. The van der Waals surface area contributed by atoms with Crippen LogP contribution in [0.2, 0.25) is 0 Å². The highest BCUT2D eigenvalue weighted by molar-refractivity contribution is 5.41. The van der Waals surface area contributed by atoms with Crippen molar-refractivity contribution in [3.05, 3.63) is 12.4 Å². The van der Waals surface area contributed by atoms with E-state index in [9.17, 15) is 5.11 Å². The van der Waals surface area contributed by atoms with E-state index in [1.165, 1.54) is 0 Å². The molecule has 0 amide bonds. The third-order valence-electron chi connectivity index (χ3n) is 4.61. The van der Waals surface area contributed by atoms with E-state index >= 15 is 0 Å². The molecule has 1 N–H and O–H groups in total. The largest absolute Gasteiger partial charge is 0.476 e. The maximum atomic E-state index is 10.3. The van der Waals surface area contributed by atoms with Gasteiger partial charge in [-0.05, 0) is 25.2 Å². The summed E-state index contributed by atoms with van der Waals surface area (Å²) >= 11 is 0. The van der Waals surface area contributed by atoms with Crippen LogP contribution >= 0.6 is 0 Å². The Labute approximate surface area is 137 Å². The van der Waals surface area contributed by atoms with E-state index < -0.39 is 0 Å². The molecule has 0 aromatic carbocycles. The van der Waals surface area contributed by atoms with E-state index in [4.69, 9.17) is 9.47 Å². The van der Waals surface area contributed by atoms with Crippen LogP contribution in [0.25, 0.3) is 0 Å². The van der Waals surface area contributed by atoms with Crippen LogP contribution in [0.5, 0.6) is 5.88 Å². The van der Waals surface area contributed by atoms with Crippen LogP contribution in [0.15, 0.2) is 12.4 Å². The zero-order valence-electron chi connectivity index (χ0n) is 14.0. The van der Waals surface area contributed by atoms with Crippen LogP contribution in [-0.4, -0.2) is 53.6 Å². The molecule has 2 aliphatic rings. The topological polar surface area (TPSA) is 67.7 Å². The fourth-order valence-corrected chi connectivity index (χ4v) is 3.44. The SMILES string of the molecule is CC(C)COc1cncc(N2CCC[C@@H]2[C@H]2COCC[C@@H]2O)n1. The molecule has 3 atom stereocenters. The normalized spacial score (nSPS) is 28.3. The molecule has 128 valence electrons. The Bertz CT molecular complexity index is 512. The molecular formula is C17H27N3O3. The molecule has 3 heterocycles. The molecule has 2 aliphatic heterocycles. The average molecular weight is 321 g/mol. The van der Waals surface area contributed by atoms with Crippen molar-refractivity contribution in [1.82, 2.24) is 9.97 Å². The van der Waals surface area contributed by atoms with Crippen LogP contribution in [0, 0.1) is 11.8 Å². The predicted molar refractivity (Wildman–Crippen MR) is 87.7 cm³/mol. The molecule has 2 fully saturated rings. The second-order valence-corrected chi connectivity index (χ2v) is 6.92. The zero-order chi connectivity index (χ0) is 16.2. The number of anilines is 1. The first kappa shape index (κ1) is 16.5. The third-order valence-corrected chi connectivity index (χ3v) is 4.61. The number of hydrogen-bond acceptors (Lipinski definition) is 6. The molecule has 0 bridgehead atoms. The second kappa shape index (κ2) is 7.45. The summed E-state index contributed by atoms with van der Waals surface area (Å²) in [6.45, 7) is 7.07. The third kappa shape index (κ3) is 3.93. The summed E-state index contributed by atoms with van der Waals surface area (Å²) in [5, 5.41) is 10.3. The summed E-state index contributed by atoms with van der Waals surface area (Å²) in [5.74, 6) is 2.01. The van der Waals surface area contributed by atoms with Crippen molar-refractivity contribution in [1.29, 1.82) is 0 Å². The molecule has 0 saturated carbocycles. The smallest absolute Gasteiger partial charge is 0.234 e. The van der Waals surface area contributed by atoms with E-state index in [1.807, 2.05) is 0 Å². The van der Waals surface area contributed by atoms with Crippen molar-refractivity contribution < 1.29 is 14.6 Å². The number of nitrogens with zero attached hydrogens (tertiary/aromatic N) is 3. The molecule has 2 saturated heterocycles. The Kier molecular flexibility index (Phi) is 5.33. The van der Waals surface area contributed by atoms with Crippen LogP contribution in [0.1, 0.15) is 33.1 Å². The number of ether oxygens (including phenoxy) is 2. The molecule has 0 aliphatic carbocycles. The molecule has 0 unspecified atom stereocenters. The first-order chi connectivity index (χ1) is 11.1. The molecule has 0 spiro atoms. The van der Waals surface area contributed by atoms with Crippen LogP contribution in [-0.2, 0) is 4.74 Å². The Morgan fingerprint density at radius 1 is 1.39 bits per heavy atom. The lowest BCUT2D eigenvalue weighted by Gasteiger charge is -2.37. The molecule has 1 aromatic rings. The zero-order valence-corrected chi connectivity index (χ0v) is 14.0. The molecule has 6 heteroatoms. The summed E-state index contributed by atoms with van der Waals surface area (Å²) in [4.78, 5) is 11.2. The number of aliphatic hydroxyl groups is 1. The molecule has 23 heavy (non-hydrogen) atoms. The van der Waals surface area contributed by atoms with Gasteiger partial charge in [0.1, 0.15) is 0 Å². The van der Waals surface area contributed by atoms with Gasteiger partial charge in [0.15, 0.2) is 5.82 Å². The van der Waals surface area contributed by atoms with E-state index in [2.05, 4.69) is 28.7 Å². The highest BCUT2D eigenvalue weighted by Crippen LogP contribution is 2.33. The van der Waals surface area contributed by atoms with Crippen molar-refractivity contribution >= 4 is 5.82 Å². The maximum Gasteiger partial charge on any atom is 0.234 e. The van der Waals surface area contributed by atoms with Gasteiger partial charge in [-0.3, -0.25) is 4.98 Å². The lowest BCUT2D eigenvalue weighted by Crippen LogP contribution is -2.46. The molecule has 3 rings (SSSR count). The van der Waals surface area contributed by atoms with E-state index in [0.29, 0.717) is 31.6 Å². The van der Waals surface area contributed by atoms with E-state index in [1.54, 1.807) is 12.4 Å². The Morgan fingerprint density at radius 2 is 2.26 bits per heavy atom. The Hall–Kier alpha value is -1.40. The van der Waals surface area contributed by atoms with E-state index in [-0.39, 0.29) is 18.1 Å². The van der Waals surface area contributed by atoms with Gasteiger partial charge in [0, 0.05) is 25.1 Å². The van der Waals surface area contributed by atoms with Crippen molar-refractivity contribution in [3.8, 4) is 5.88 Å². The van der Waals surface area contributed by atoms with E-state index in [0.717, 1.165) is 31.6 Å². The highest BCUT2D eigenvalue weighted by Gasteiger charge is 2.38. The number of hydrogen-bond donors (Lipinski definition) is 1. The van der Waals surface area contributed by atoms with Gasteiger partial charge in [-0.15, -0.1) is 0 Å². The predicted octanol–water partition coefficient (Wildman–Crippen LogP) is 1.88. The minimum Gasteiger partial charge on any atom is -0.476 e. The van der Waals surface area contributed by atoms with Crippen LogP contribution in [0.4, 0.5) is 5.82 Å². The summed E-state index contributed by atoms with van der Waals surface area (Å²) in [6, 6.07) is 0.264. The first-order valence-electron chi connectivity index (χ1n) is 8.62.